The van der Waals surface area contributed by atoms with Crippen LogP contribution >= 0.6 is 0 Å². The van der Waals surface area contributed by atoms with E-state index >= 15 is 0 Å². The maximum atomic E-state index is 13.6. The molecule has 0 saturated carbocycles. The normalized spacial score (nSPS) is 15.3. The van der Waals surface area contributed by atoms with Gasteiger partial charge in [0.05, 0.1) is 11.8 Å². The van der Waals surface area contributed by atoms with E-state index in [9.17, 15) is 4.79 Å². The van der Waals surface area contributed by atoms with Crippen molar-refractivity contribution in [2.75, 3.05) is 13.1 Å². The molecule has 3 aromatic rings. The lowest BCUT2D eigenvalue weighted by atomic mass is 9.67. The Labute approximate surface area is 191 Å². The summed E-state index contributed by atoms with van der Waals surface area (Å²) in [5.74, 6) is 0.206. The quantitative estimate of drug-likeness (QED) is 0.386. The van der Waals surface area contributed by atoms with E-state index in [2.05, 4.69) is 55.6 Å². The van der Waals surface area contributed by atoms with Crippen LogP contribution in [0.3, 0.4) is 0 Å². The van der Waals surface area contributed by atoms with Crippen molar-refractivity contribution in [1.82, 2.24) is 5.32 Å². The number of hydrogen-bond donors (Lipinski definition) is 1. The molecule has 0 radical (unpaired) electrons. The van der Waals surface area contributed by atoms with Crippen molar-refractivity contribution in [3.05, 3.63) is 108 Å². The third kappa shape index (κ3) is 4.63. The first-order valence-corrected chi connectivity index (χ1v) is 11.6. The zero-order valence-electron chi connectivity index (χ0n) is 19.1. The SMILES string of the molecule is CC(C)(OC(=O)CC(c1ccccc1)(c1ccccc1)c1ccccc1)C1CCNCC1. The highest BCUT2D eigenvalue weighted by molar-refractivity contribution is 5.75. The summed E-state index contributed by atoms with van der Waals surface area (Å²) in [7, 11) is 0. The maximum absolute atomic E-state index is 13.6. The minimum atomic E-state index is -0.620. The van der Waals surface area contributed by atoms with Crippen LogP contribution < -0.4 is 5.32 Å². The zero-order chi connectivity index (χ0) is 22.4. The fraction of sp³-hybridized carbons (Fsp3) is 0.345. The monoisotopic (exact) mass is 427 g/mol. The summed E-state index contributed by atoms with van der Waals surface area (Å²) in [5.41, 5.74) is 2.16. The minimum Gasteiger partial charge on any atom is -0.459 e. The van der Waals surface area contributed by atoms with E-state index in [-0.39, 0.29) is 12.4 Å². The van der Waals surface area contributed by atoms with Crippen molar-refractivity contribution in [2.45, 2.75) is 44.1 Å². The van der Waals surface area contributed by atoms with E-state index in [1.165, 1.54) is 0 Å². The molecule has 0 aromatic heterocycles. The molecule has 1 fully saturated rings. The van der Waals surface area contributed by atoms with Gasteiger partial charge in [-0.3, -0.25) is 4.79 Å². The van der Waals surface area contributed by atoms with E-state index in [1.54, 1.807) is 0 Å². The van der Waals surface area contributed by atoms with Gasteiger partial charge in [0.15, 0.2) is 0 Å². The van der Waals surface area contributed by atoms with Gasteiger partial charge in [0.25, 0.3) is 0 Å². The molecule has 0 unspecified atom stereocenters. The van der Waals surface area contributed by atoms with Gasteiger partial charge in [0.1, 0.15) is 5.60 Å². The van der Waals surface area contributed by atoms with Crippen molar-refractivity contribution >= 4 is 5.97 Å². The summed E-state index contributed by atoms with van der Waals surface area (Å²) in [6.45, 7) is 6.09. The van der Waals surface area contributed by atoms with E-state index in [0.717, 1.165) is 42.6 Å². The molecule has 32 heavy (non-hydrogen) atoms. The first-order valence-electron chi connectivity index (χ1n) is 11.6. The molecule has 0 atom stereocenters. The largest absolute Gasteiger partial charge is 0.459 e. The molecule has 166 valence electrons. The summed E-state index contributed by atoms with van der Waals surface area (Å²) in [4.78, 5) is 13.6. The second-order valence-corrected chi connectivity index (χ2v) is 9.28. The molecule has 1 aliphatic heterocycles. The Bertz CT molecular complexity index is 896. The molecular weight excluding hydrogens is 394 g/mol. The molecule has 3 heteroatoms. The van der Waals surface area contributed by atoms with Crippen molar-refractivity contribution in [3.63, 3.8) is 0 Å². The summed E-state index contributed by atoms with van der Waals surface area (Å²) in [6.07, 6.45) is 2.31. The Hall–Kier alpha value is -2.91. The van der Waals surface area contributed by atoms with E-state index in [4.69, 9.17) is 4.74 Å². The number of hydrogen-bond acceptors (Lipinski definition) is 3. The number of ether oxygens (including phenoxy) is 1. The third-order valence-electron chi connectivity index (χ3n) is 6.91. The Morgan fingerprint density at radius 1 is 0.781 bits per heavy atom. The van der Waals surface area contributed by atoms with Crippen LogP contribution in [-0.4, -0.2) is 24.7 Å². The van der Waals surface area contributed by atoms with Crippen LogP contribution in [0.4, 0.5) is 0 Å². The molecule has 1 heterocycles. The molecule has 3 aromatic carbocycles. The Morgan fingerprint density at radius 2 is 1.19 bits per heavy atom. The Kier molecular flexibility index (Phi) is 6.76. The molecular formula is C29H33NO2. The second kappa shape index (κ2) is 9.70. The number of rotatable bonds is 7. The minimum absolute atomic E-state index is 0.162. The van der Waals surface area contributed by atoms with Crippen LogP contribution in [0.25, 0.3) is 0 Å². The molecule has 0 amide bonds. The summed E-state index contributed by atoms with van der Waals surface area (Å²) >= 11 is 0. The standard InChI is InChI=1S/C29H33NO2/c1-28(2,23-18-20-30-21-19-23)32-27(31)22-29(24-12-6-3-7-13-24,25-14-8-4-9-15-25)26-16-10-5-11-17-26/h3-17,23,30H,18-22H2,1-2H3. The molecule has 3 nitrogen and oxygen atoms in total. The van der Waals surface area contributed by atoms with E-state index < -0.39 is 11.0 Å². The predicted octanol–water partition coefficient (Wildman–Crippen LogP) is 5.73. The lowest BCUT2D eigenvalue weighted by molar-refractivity contribution is -0.163. The molecule has 0 aliphatic carbocycles. The van der Waals surface area contributed by atoms with Gasteiger partial charge >= 0.3 is 5.97 Å². The van der Waals surface area contributed by atoms with Crippen LogP contribution in [-0.2, 0) is 14.9 Å². The van der Waals surface area contributed by atoms with Gasteiger partial charge in [-0.15, -0.1) is 0 Å². The molecule has 1 saturated heterocycles. The molecule has 1 aliphatic rings. The number of esters is 1. The van der Waals surface area contributed by atoms with Gasteiger partial charge in [-0.2, -0.15) is 0 Å². The highest BCUT2D eigenvalue weighted by Crippen LogP contribution is 2.43. The van der Waals surface area contributed by atoms with Gasteiger partial charge in [-0.1, -0.05) is 91.0 Å². The number of nitrogens with one attached hydrogen (secondary N) is 1. The molecule has 4 rings (SSSR count). The van der Waals surface area contributed by atoms with Crippen LogP contribution in [0.2, 0.25) is 0 Å². The Balaban J connectivity index is 1.75. The lowest BCUT2D eigenvalue weighted by Gasteiger charge is -2.39. The Morgan fingerprint density at radius 3 is 1.59 bits per heavy atom. The fourth-order valence-corrected chi connectivity index (χ4v) is 5.12. The van der Waals surface area contributed by atoms with Gasteiger partial charge < -0.3 is 10.1 Å². The van der Waals surface area contributed by atoms with Gasteiger partial charge in [-0.05, 0) is 56.5 Å². The topological polar surface area (TPSA) is 38.3 Å². The van der Waals surface area contributed by atoms with Crippen LogP contribution in [0.1, 0.15) is 49.8 Å². The number of carbonyl (C=O) groups is 1. The predicted molar refractivity (Wildman–Crippen MR) is 130 cm³/mol. The highest BCUT2D eigenvalue weighted by atomic mass is 16.6. The van der Waals surface area contributed by atoms with Gasteiger partial charge in [-0.25, -0.2) is 0 Å². The average Bonchev–Trinajstić information content (AvgIpc) is 2.84. The molecule has 0 bridgehead atoms. The second-order valence-electron chi connectivity index (χ2n) is 9.28. The van der Waals surface area contributed by atoms with Crippen LogP contribution in [0, 0.1) is 5.92 Å². The zero-order valence-corrected chi connectivity index (χ0v) is 19.1. The summed E-state index contributed by atoms with van der Waals surface area (Å²) < 4.78 is 6.23. The van der Waals surface area contributed by atoms with Crippen molar-refractivity contribution in [1.29, 1.82) is 0 Å². The first-order chi connectivity index (χ1) is 15.5. The van der Waals surface area contributed by atoms with Crippen LogP contribution in [0.15, 0.2) is 91.0 Å². The summed E-state index contributed by atoms with van der Waals surface area (Å²) in [5, 5.41) is 3.40. The van der Waals surface area contributed by atoms with Crippen LogP contribution in [0.5, 0.6) is 0 Å². The average molecular weight is 428 g/mol. The highest BCUT2D eigenvalue weighted by Gasteiger charge is 2.41. The van der Waals surface area contributed by atoms with E-state index in [1.807, 2.05) is 54.6 Å². The van der Waals surface area contributed by atoms with Gasteiger partial charge in [0.2, 0.25) is 0 Å². The van der Waals surface area contributed by atoms with Crippen molar-refractivity contribution in [3.8, 4) is 0 Å². The smallest absolute Gasteiger partial charge is 0.307 e. The number of benzene rings is 3. The van der Waals surface area contributed by atoms with Gasteiger partial charge in [0, 0.05) is 5.92 Å². The number of piperidine rings is 1. The lowest BCUT2D eigenvalue weighted by Crippen LogP contribution is -2.44. The van der Waals surface area contributed by atoms with E-state index in [0.29, 0.717) is 5.92 Å². The first kappa shape index (κ1) is 22.3. The molecule has 0 spiro atoms. The third-order valence-corrected chi connectivity index (χ3v) is 6.91. The summed E-state index contributed by atoms with van der Waals surface area (Å²) in [6, 6.07) is 31.0. The molecule has 1 N–H and O–H groups in total. The number of carbonyl (C=O) groups excluding carboxylic acids is 1. The van der Waals surface area contributed by atoms with Crippen molar-refractivity contribution in [2.24, 2.45) is 5.92 Å². The fourth-order valence-electron chi connectivity index (χ4n) is 5.12. The van der Waals surface area contributed by atoms with Crippen molar-refractivity contribution < 1.29 is 9.53 Å². The maximum Gasteiger partial charge on any atom is 0.307 e.